The molecule has 0 spiro atoms. The number of aryl methyl sites for hydroxylation is 1. The van der Waals surface area contributed by atoms with Crippen molar-refractivity contribution in [1.29, 1.82) is 0 Å². The highest BCUT2D eigenvalue weighted by atomic mass is 79.9. The van der Waals surface area contributed by atoms with Crippen LogP contribution in [0, 0.1) is 5.92 Å². The number of hydrogen-bond donors (Lipinski definition) is 1. The monoisotopic (exact) mass is 301 g/mol. The molecule has 0 aromatic carbocycles. The predicted molar refractivity (Wildman–Crippen MR) is 75.1 cm³/mol. The van der Waals surface area contributed by atoms with Crippen molar-refractivity contribution in [3.05, 3.63) is 20.8 Å². The number of thiophene rings is 1. The molecule has 1 fully saturated rings. The van der Waals surface area contributed by atoms with Crippen LogP contribution in [0.4, 0.5) is 0 Å². The molecule has 1 saturated carbocycles. The van der Waals surface area contributed by atoms with Gasteiger partial charge in [-0.05, 0) is 71.9 Å². The van der Waals surface area contributed by atoms with E-state index in [1.807, 2.05) is 11.3 Å². The third kappa shape index (κ3) is 3.57. The molecule has 16 heavy (non-hydrogen) atoms. The zero-order chi connectivity index (χ0) is 11.4. The topological polar surface area (TPSA) is 12.0 Å². The molecule has 1 nitrogen and oxygen atoms in total. The molecular formula is C13H20BrNS. The maximum absolute atomic E-state index is 3.70. The van der Waals surface area contributed by atoms with Crippen molar-refractivity contribution in [2.24, 2.45) is 5.92 Å². The van der Waals surface area contributed by atoms with Gasteiger partial charge < -0.3 is 5.32 Å². The minimum Gasteiger partial charge on any atom is -0.314 e. The van der Waals surface area contributed by atoms with E-state index in [0.717, 1.165) is 12.0 Å². The predicted octanol–water partition coefficient (Wildman–Crippen LogP) is 4.22. The summed E-state index contributed by atoms with van der Waals surface area (Å²) in [4.78, 5) is 1.50. The van der Waals surface area contributed by atoms with Crippen molar-refractivity contribution >= 4 is 27.3 Å². The van der Waals surface area contributed by atoms with E-state index in [1.54, 1.807) is 0 Å². The SMILES string of the molecule is CCCNC(CCc1sccc1Br)C1CC1. The Morgan fingerprint density at radius 2 is 2.38 bits per heavy atom. The van der Waals surface area contributed by atoms with Gasteiger partial charge in [-0.3, -0.25) is 0 Å². The molecule has 0 aliphatic heterocycles. The van der Waals surface area contributed by atoms with E-state index in [1.165, 1.54) is 48.0 Å². The Morgan fingerprint density at radius 3 is 2.94 bits per heavy atom. The average Bonchev–Trinajstić information content (AvgIpc) is 3.04. The molecule has 1 aliphatic rings. The van der Waals surface area contributed by atoms with Crippen LogP contribution in [0.1, 0.15) is 37.5 Å². The first-order valence-corrected chi connectivity index (χ1v) is 7.93. The lowest BCUT2D eigenvalue weighted by Gasteiger charge is -2.17. The van der Waals surface area contributed by atoms with Gasteiger partial charge in [0.2, 0.25) is 0 Å². The first kappa shape index (κ1) is 12.6. The van der Waals surface area contributed by atoms with Crippen LogP contribution >= 0.6 is 27.3 Å². The molecule has 1 aromatic rings. The third-order valence-corrected chi connectivity index (χ3v) is 5.21. The summed E-state index contributed by atoms with van der Waals surface area (Å²) in [5.74, 6) is 0.963. The van der Waals surface area contributed by atoms with Crippen molar-refractivity contribution in [3.8, 4) is 0 Å². The van der Waals surface area contributed by atoms with Crippen molar-refractivity contribution in [2.45, 2.75) is 45.1 Å². The Kier molecular flexibility index (Phi) is 4.86. The molecule has 3 heteroatoms. The zero-order valence-electron chi connectivity index (χ0n) is 9.84. The third-order valence-electron chi connectivity index (χ3n) is 3.22. The fraction of sp³-hybridized carbons (Fsp3) is 0.692. The summed E-state index contributed by atoms with van der Waals surface area (Å²) >= 11 is 5.48. The van der Waals surface area contributed by atoms with Crippen molar-refractivity contribution < 1.29 is 0 Å². The molecule has 2 rings (SSSR count). The standard InChI is InChI=1S/C13H20BrNS/c1-2-8-15-12(10-3-4-10)5-6-13-11(14)7-9-16-13/h7,9-10,12,15H,2-6,8H2,1H3. The molecule has 0 saturated heterocycles. The number of nitrogens with one attached hydrogen (secondary N) is 1. The summed E-state index contributed by atoms with van der Waals surface area (Å²) in [6.07, 6.45) is 6.63. The van der Waals surface area contributed by atoms with Crippen LogP contribution in [0.3, 0.4) is 0 Å². The Morgan fingerprint density at radius 1 is 1.56 bits per heavy atom. The highest BCUT2D eigenvalue weighted by Gasteiger charge is 2.30. The Hall–Kier alpha value is 0.140. The molecule has 0 radical (unpaired) electrons. The van der Waals surface area contributed by atoms with Gasteiger partial charge in [-0.15, -0.1) is 11.3 Å². The molecule has 1 heterocycles. The minimum absolute atomic E-state index is 0.758. The molecule has 1 unspecified atom stereocenters. The number of halogens is 1. The number of hydrogen-bond acceptors (Lipinski definition) is 2. The fourth-order valence-electron chi connectivity index (χ4n) is 2.12. The Bertz CT molecular complexity index is 319. The van der Waals surface area contributed by atoms with Gasteiger partial charge in [0, 0.05) is 15.4 Å². The lowest BCUT2D eigenvalue weighted by molar-refractivity contribution is 0.436. The lowest BCUT2D eigenvalue weighted by Crippen LogP contribution is -2.32. The summed E-state index contributed by atoms with van der Waals surface area (Å²) in [5.41, 5.74) is 0. The normalized spacial score (nSPS) is 17.6. The van der Waals surface area contributed by atoms with E-state index < -0.39 is 0 Å². The van der Waals surface area contributed by atoms with Crippen LogP contribution in [0.5, 0.6) is 0 Å². The second-order valence-corrected chi connectivity index (χ2v) is 6.48. The molecular weight excluding hydrogens is 282 g/mol. The van der Waals surface area contributed by atoms with Gasteiger partial charge in [-0.2, -0.15) is 0 Å². The highest BCUT2D eigenvalue weighted by Crippen LogP contribution is 2.35. The van der Waals surface area contributed by atoms with Gasteiger partial charge in [-0.1, -0.05) is 6.92 Å². The zero-order valence-corrected chi connectivity index (χ0v) is 12.2. The van der Waals surface area contributed by atoms with Crippen molar-refractivity contribution in [1.82, 2.24) is 5.32 Å². The van der Waals surface area contributed by atoms with E-state index in [0.29, 0.717) is 0 Å². The summed E-state index contributed by atoms with van der Waals surface area (Å²) in [6, 6.07) is 2.92. The lowest BCUT2D eigenvalue weighted by atomic mass is 10.1. The Labute approximate surface area is 111 Å². The van der Waals surface area contributed by atoms with Gasteiger partial charge >= 0.3 is 0 Å². The van der Waals surface area contributed by atoms with Crippen LogP contribution in [-0.2, 0) is 6.42 Å². The van der Waals surface area contributed by atoms with Gasteiger partial charge in [0.15, 0.2) is 0 Å². The van der Waals surface area contributed by atoms with Crippen molar-refractivity contribution in [3.63, 3.8) is 0 Å². The van der Waals surface area contributed by atoms with Gasteiger partial charge in [0.25, 0.3) is 0 Å². The summed E-state index contributed by atoms with van der Waals surface area (Å²) < 4.78 is 1.29. The summed E-state index contributed by atoms with van der Waals surface area (Å²) in [6.45, 7) is 3.42. The maximum Gasteiger partial charge on any atom is 0.0314 e. The first-order valence-electron chi connectivity index (χ1n) is 6.26. The fourth-order valence-corrected chi connectivity index (χ4v) is 3.69. The molecule has 1 N–H and O–H groups in total. The second-order valence-electron chi connectivity index (χ2n) is 4.63. The first-order chi connectivity index (χ1) is 7.81. The van der Waals surface area contributed by atoms with E-state index in [4.69, 9.17) is 0 Å². The molecule has 1 aliphatic carbocycles. The minimum atomic E-state index is 0.758. The maximum atomic E-state index is 3.70. The quantitative estimate of drug-likeness (QED) is 0.795. The van der Waals surface area contributed by atoms with Crippen LogP contribution in [-0.4, -0.2) is 12.6 Å². The molecule has 1 atom stereocenters. The van der Waals surface area contributed by atoms with E-state index >= 15 is 0 Å². The van der Waals surface area contributed by atoms with E-state index in [2.05, 4.69) is 39.6 Å². The smallest absolute Gasteiger partial charge is 0.0314 e. The van der Waals surface area contributed by atoms with Gasteiger partial charge in [0.05, 0.1) is 0 Å². The van der Waals surface area contributed by atoms with Crippen LogP contribution < -0.4 is 5.32 Å². The van der Waals surface area contributed by atoms with Crippen LogP contribution in [0.2, 0.25) is 0 Å². The molecule has 0 amide bonds. The molecule has 1 aromatic heterocycles. The largest absolute Gasteiger partial charge is 0.314 e. The number of rotatable bonds is 7. The van der Waals surface area contributed by atoms with E-state index in [-0.39, 0.29) is 0 Å². The van der Waals surface area contributed by atoms with Crippen molar-refractivity contribution in [2.75, 3.05) is 6.54 Å². The van der Waals surface area contributed by atoms with E-state index in [9.17, 15) is 0 Å². The summed E-state index contributed by atoms with van der Waals surface area (Å²) in [5, 5.41) is 5.87. The average molecular weight is 302 g/mol. The van der Waals surface area contributed by atoms with Crippen LogP contribution in [0.15, 0.2) is 15.9 Å². The molecule has 0 bridgehead atoms. The Balaban J connectivity index is 1.79. The van der Waals surface area contributed by atoms with Gasteiger partial charge in [0.1, 0.15) is 0 Å². The highest BCUT2D eigenvalue weighted by molar-refractivity contribution is 9.10. The second kappa shape index (κ2) is 6.18. The molecule has 90 valence electrons. The van der Waals surface area contributed by atoms with Gasteiger partial charge in [-0.25, -0.2) is 0 Å². The summed E-state index contributed by atoms with van der Waals surface area (Å²) in [7, 11) is 0. The van der Waals surface area contributed by atoms with Crippen LogP contribution in [0.25, 0.3) is 0 Å².